The van der Waals surface area contributed by atoms with E-state index in [4.69, 9.17) is 0 Å². The van der Waals surface area contributed by atoms with Gasteiger partial charge in [0.1, 0.15) is 5.82 Å². The van der Waals surface area contributed by atoms with Crippen LogP contribution >= 0.6 is 0 Å². The third-order valence-electron chi connectivity index (χ3n) is 2.70. The van der Waals surface area contributed by atoms with Crippen molar-refractivity contribution in [1.29, 1.82) is 0 Å². The van der Waals surface area contributed by atoms with Crippen molar-refractivity contribution in [2.75, 3.05) is 5.32 Å². The van der Waals surface area contributed by atoms with E-state index in [1.54, 1.807) is 32.9 Å². The minimum Gasteiger partial charge on any atom is -0.388 e. The lowest BCUT2D eigenvalue weighted by Crippen LogP contribution is -2.39. The first-order valence-electron chi connectivity index (χ1n) is 5.06. The van der Waals surface area contributed by atoms with E-state index in [1.807, 2.05) is 6.92 Å². The lowest BCUT2D eigenvalue weighted by molar-refractivity contribution is 0.0649. The number of hydrogen-bond acceptors (Lipinski definition) is 2. The Morgan fingerprint density at radius 1 is 1.40 bits per heavy atom. The highest BCUT2D eigenvalue weighted by Gasteiger charge is 2.22. The second-order valence-electron chi connectivity index (χ2n) is 4.43. The van der Waals surface area contributed by atoms with Gasteiger partial charge in [0.15, 0.2) is 0 Å². The molecule has 1 aromatic carbocycles. The van der Waals surface area contributed by atoms with Crippen molar-refractivity contribution in [2.45, 2.75) is 39.3 Å². The Kier molecular flexibility index (Phi) is 3.35. The number of rotatable bonds is 3. The molecule has 3 heteroatoms. The van der Waals surface area contributed by atoms with E-state index >= 15 is 0 Å². The second-order valence-corrected chi connectivity index (χ2v) is 4.43. The van der Waals surface area contributed by atoms with Crippen LogP contribution in [0.3, 0.4) is 0 Å². The molecule has 0 heterocycles. The quantitative estimate of drug-likeness (QED) is 0.805. The predicted octanol–water partition coefficient (Wildman–Crippen LogP) is 2.71. The van der Waals surface area contributed by atoms with Crippen LogP contribution in [0.4, 0.5) is 10.1 Å². The zero-order valence-corrected chi connectivity index (χ0v) is 9.63. The fraction of sp³-hybridized carbons (Fsp3) is 0.500. The molecule has 1 atom stereocenters. The topological polar surface area (TPSA) is 32.3 Å². The van der Waals surface area contributed by atoms with Crippen molar-refractivity contribution in [1.82, 2.24) is 0 Å². The highest BCUT2D eigenvalue weighted by atomic mass is 19.1. The van der Waals surface area contributed by atoms with Crippen LogP contribution in [0.2, 0.25) is 0 Å². The van der Waals surface area contributed by atoms with Crippen molar-refractivity contribution >= 4 is 5.69 Å². The third-order valence-corrected chi connectivity index (χ3v) is 2.70. The van der Waals surface area contributed by atoms with E-state index in [1.165, 1.54) is 6.07 Å². The summed E-state index contributed by atoms with van der Waals surface area (Å²) in [5.41, 5.74) is 0.469. The lowest BCUT2D eigenvalue weighted by atomic mass is 10.00. The molecule has 0 saturated heterocycles. The van der Waals surface area contributed by atoms with Gasteiger partial charge >= 0.3 is 0 Å². The molecule has 0 spiro atoms. The minimum absolute atomic E-state index is 0.141. The summed E-state index contributed by atoms with van der Waals surface area (Å²) in [4.78, 5) is 0. The molecule has 15 heavy (non-hydrogen) atoms. The Labute approximate surface area is 90.1 Å². The Morgan fingerprint density at radius 2 is 2.00 bits per heavy atom. The van der Waals surface area contributed by atoms with E-state index in [9.17, 15) is 9.50 Å². The Balaban J connectivity index is 2.86. The van der Waals surface area contributed by atoms with Crippen LogP contribution in [-0.2, 0) is 0 Å². The average Bonchev–Trinajstić information content (AvgIpc) is 2.11. The first kappa shape index (κ1) is 12.0. The van der Waals surface area contributed by atoms with Gasteiger partial charge in [-0.15, -0.1) is 0 Å². The standard InChI is InChI=1S/C12H18FNO/c1-8-10(13)6-5-7-11(8)14-9(2)12(3,4)15/h5-7,9,14-15H,1-4H3. The van der Waals surface area contributed by atoms with Gasteiger partial charge in [0.25, 0.3) is 0 Å². The molecule has 2 N–H and O–H groups in total. The van der Waals surface area contributed by atoms with Crippen molar-refractivity contribution in [3.63, 3.8) is 0 Å². The Morgan fingerprint density at radius 3 is 2.53 bits per heavy atom. The van der Waals surface area contributed by atoms with Gasteiger partial charge in [-0.3, -0.25) is 0 Å². The average molecular weight is 211 g/mol. The van der Waals surface area contributed by atoms with E-state index in [0.29, 0.717) is 5.56 Å². The molecule has 0 aliphatic carbocycles. The molecule has 0 saturated carbocycles. The maximum atomic E-state index is 13.2. The van der Waals surface area contributed by atoms with Crippen LogP contribution in [0, 0.1) is 12.7 Å². The van der Waals surface area contributed by atoms with Crippen LogP contribution in [0.5, 0.6) is 0 Å². The van der Waals surface area contributed by atoms with E-state index < -0.39 is 5.60 Å². The van der Waals surface area contributed by atoms with Gasteiger partial charge in [-0.05, 0) is 39.8 Å². The van der Waals surface area contributed by atoms with Crippen LogP contribution in [-0.4, -0.2) is 16.7 Å². The third kappa shape index (κ3) is 2.93. The summed E-state index contributed by atoms with van der Waals surface area (Å²) in [6, 6.07) is 4.75. The normalized spacial score (nSPS) is 13.7. The molecule has 0 aliphatic heterocycles. The van der Waals surface area contributed by atoms with Crippen LogP contribution in [0.25, 0.3) is 0 Å². The summed E-state index contributed by atoms with van der Waals surface area (Å²) >= 11 is 0. The van der Waals surface area contributed by atoms with Crippen molar-refractivity contribution in [2.24, 2.45) is 0 Å². The fourth-order valence-corrected chi connectivity index (χ4v) is 1.17. The van der Waals surface area contributed by atoms with E-state index in [-0.39, 0.29) is 11.9 Å². The zero-order valence-electron chi connectivity index (χ0n) is 9.63. The van der Waals surface area contributed by atoms with Gasteiger partial charge in [-0.25, -0.2) is 4.39 Å². The van der Waals surface area contributed by atoms with Crippen LogP contribution in [0.15, 0.2) is 18.2 Å². The Bertz CT molecular complexity index is 344. The molecule has 0 aliphatic rings. The number of aliphatic hydroxyl groups is 1. The molecule has 0 fully saturated rings. The van der Waals surface area contributed by atoms with Gasteiger partial charge in [0.05, 0.1) is 11.6 Å². The highest BCUT2D eigenvalue weighted by Crippen LogP contribution is 2.21. The first-order chi connectivity index (χ1) is 6.82. The molecule has 1 unspecified atom stereocenters. The molecule has 0 radical (unpaired) electrons. The molecular formula is C12H18FNO. The zero-order chi connectivity index (χ0) is 11.6. The van der Waals surface area contributed by atoms with Gasteiger partial charge in [-0.1, -0.05) is 6.07 Å². The molecule has 1 aromatic rings. The van der Waals surface area contributed by atoms with Gasteiger partial charge in [-0.2, -0.15) is 0 Å². The monoisotopic (exact) mass is 211 g/mol. The number of hydrogen-bond donors (Lipinski definition) is 2. The highest BCUT2D eigenvalue weighted by molar-refractivity contribution is 5.51. The van der Waals surface area contributed by atoms with Gasteiger partial charge < -0.3 is 10.4 Å². The summed E-state index contributed by atoms with van der Waals surface area (Å²) in [6.45, 7) is 7.03. The molecule has 1 rings (SSSR count). The van der Waals surface area contributed by atoms with Gasteiger partial charge in [0.2, 0.25) is 0 Å². The second kappa shape index (κ2) is 4.19. The van der Waals surface area contributed by atoms with Crippen molar-refractivity contribution in [3.8, 4) is 0 Å². The summed E-state index contributed by atoms with van der Waals surface area (Å²) in [7, 11) is 0. The number of benzene rings is 1. The molecule has 84 valence electrons. The van der Waals surface area contributed by atoms with Crippen LogP contribution in [0.1, 0.15) is 26.3 Å². The minimum atomic E-state index is -0.835. The number of nitrogens with one attached hydrogen (secondary N) is 1. The SMILES string of the molecule is Cc1c(F)cccc1NC(C)C(C)(C)O. The molecular weight excluding hydrogens is 193 g/mol. The maximum absolute atomic E-state index is 13.2. The van der Waals surface area contributed by atoms with E-state index in [0.717, 1.165) is 5.69 Å². The molecule has 0 bridgehead atoms. The summed E-state index contributed by atoms with van der Waals surface area (Å²) in [5, 5.41) is 12.9. The van der Waals surface area contributed by atoms with Crippen LogP contribution < -0.4 is 5.32 Å². The summed E-state index contributed by atoms with van der Waals surface area (Å²) < 4.78 is 13.2. The lowest BCUT2D eigenvalue weighted by Gasteiger charge is -2.28. The predicted molar refractivity (Wildman–Crippen MR) is 60.5 cm³/mol. The first-order valence-corrected chi connectivity index (χ1v) is 5.06. The fourth-order valence-electron chi connectivity index (χ4n) is 1.17. The largest absolute Gasteiger partial charge is 0.388 e. The van der Waals surface area contributed by atoms with E-state index in [2.05, 4.69) is 5.32 Å². The number of halogens is 1. The Hall–Kier alpha value is -1.09. The van der Waals surface area contributed by atoms with Gasteiger partial charge in [0, 0.05) is 11.3 Å². The molecule has 0 amide bonds. The number of anilines is 1. The molecule has 2 nitrogen and oxygen atoms in total. The summed E-state index contributed by atoms with van der Waals surface area (Å²) in [5.74, 6) is -0.233. The maximum Gasteiger partial charge on any atom is 0.128 e. The summed E-state index contributed by atoms with van der Waals surface area (Å²) in [6.07, 6.45) is 0. The smallest absolute Gasteiger partial charge is 0.128 e. The molecule has 0 aromatic heterocycles. The van der Waals surface area contributed by atoms with Crippen molar-refractivity contribution < 1.29 is 9.50 Å². The van der Waals surface area contributed by atoms with Crippen molar-refractivity contribution in [3.05, 3.63) is 29.6 Å².